The number of hydrogen-bond acceptors (Lipinski definition) is 1. The number of carbonyl (C=O) groups excluding carboxylic acids is 1. The van der Waals surface area contributed by atoms with Crippen LogP contribution in [0.25, 0.3) is 0 Å². The van der Waals surface area contributed by atoms with Crippen LogP contribution in [0.4, 0.5) is 0 Å². The van der Waals surface area contributed by atoms with Gasteiger partial charge in [0.15, 0.2) is 5.78 Å². The number of hydrogen-bond donors (Lipinski definition) is 0. The van der Waals surface area contributed by atoms with Gasteiger partial charge in [-0.1, -0.05) is 24.3 Å². The largest absolute Gasteiger partial charge is 0.295 e. The molecule has 0 unspecified atom stereocenters. The SMILES string of the molecule is [B]CC(=O)c1ccccc1C. The predicted octanol–water partition coefficient (Wildman–Crippen LogP) is 1.76. The van der Waals surface area contributed by atoms with Crippen LogP contribution >= 0.6 is 0 Å². The number of ketones is 1. The second-order valence-electron chi connectivity index (χ2n) is 2.44. The Bertz CT molecular complexity index is 268. The minimum absolute atomic E-state index is 0.00287. The summed E-state index contributed by atoms with van der Waals surface area (Å²) in [6, 6.07) is 7.45. The van der Waals surface area contributed by atoms with Crippen molar-refractivity contribution in [3.05, 3.63) is 35.4 Å². The highest BCUT2D eigenvalue weighted by molar-refractivity contribution is 6.24. The van der Waals surface area contributed by atoms with E-state index in [4.69, 9.17) is 7.85 Å². The molecule has 1 nitrogen and oxygen atoms in total. The summed E-state index contributed by atoms with van der Waals surface area (Å²) >= 11 is 0. The maximum atomic E-state index is 11.1. The predicted molar refractivity (Wildman–Crippen MR) is 46.1 cm³/mol. The van der Waals surface area contributed by atoms with Crippen molar-refractivity contribution >= 4 is 13.6 Å². The summed E-state index contributed by atoms with van der Waals surface area (Å²) in [5.41, 5.74) is 1.72. The zero-order chi connectivity index (χ0) is 8.27. The second-order valence-corrected chi connectivity index (χ2v) is 2.44. The van der Waals surface area contributed by atoms with Crippen molar-refractivity contribution in [1.82, 2.24) is 0 Å². The maximum absolute atomic E-state index is 11.1. The van der Waals surface area contributed by atoms with Crippen molar-refractivity contribution in [3.8, 4) is 0 Å². The minimum Gasteiger partial charge on any atom is -0.295 e. The van der Waals surface area contributed by atoms with Gasteiger partial charge in [-0.15, -0.1) is 0 Å². The van der Waals surface area contributed by atoms with E-state index >= 15 is 0 Å². The van der Waals surface area contributed by atoms with Crippen molar-refractivity contribution < 1.29 is 4.79 Å². The van der Waals surface area contributed by atoms with Gasteiger partial charge in [0.2, 0.25) is 0 Å². The van der Waals surface area contributed by atoms with E-state index in [1.54, 1.807) is 6.07 Å². The molecule has 1 aromatic rings. The molecule has 0 N–H and O–H groups in total. The molecule has 0 saturated heterocycles. The number of aryl methyl sites for hydroxylation is 1. The van der Waals surface area contributed by atoms with Gasteiger partial charge >= 0.3 is 0 Å². The lowest BCUT2D eigenvalue weighted by Crippen LogP contribution is -1.99. The van der Waals surface area contributed by atoms with Gasteiger partial charge in [0, 0.05) is 5.56 Å². The third-order valence-electron chi connectivity index (χ3n) is 1.63. The third kappa shape index (κ3) is 1.70. The van der Waals surface area contributed by atoms with Gasteiger partial charge in [-0.3, -0.25) is 4.79 Å². The first-order valence-electron chi connectivity index (χ1n) is 3.54. The van der Waals surface area contributed by atoms with Crippen LogP contribution in [0, 0.1) is 6.92 Å². The van der Waals surface area contributed by atoms with E-state index in [0.717, 1.165) is 11.1 Å². The molecular weight excluding hydrogens is 135 g/mol. The lowest BCUT2D eigenvalue weighted by Gasteiger charge is -2.00. The topological polar surface area (TPSA) is 17.1 Å². The summed E-state index contributed by atoms with van der Waals surface area (Å²) in [5.74, 6) is 0.00287. The average Bonchev–Trinajstić information content (AvgIpc) is 2.04. The summed E-state index contributed by atoms with van der Waals surface area (Å²) in [5, 5.41) is 0. The third-order valence-corrected chi connectivity index (χ3v) is 1.63. The normalized spacial score (nSPS) is 9.55. The van der Waals surface area contributed by atoms with Crippen molar-refractivity contribution in [2.75, 3.05) is 0 Å². The Balaban J connectivity index is 3.03. The van der Waals surface area contributed by atoms with Crippen molar-refractivity contribution in [1.29, 1.82) is 0 Å². The highest BCUT2D eigenvalue weighted by Gasteiger charge is 2.03. The summed E-state index contributed by atoms with van der Waals surface area (Å²) in [4.78, 5) is 11.1. The first kappa shape index (κ1) is 8.06. The van der Waals surface area contributed by atoms with Crippen LogP contribution in [-0.2, 0) is 0 Å². The first-order chi connectivity index (χ1) is 5.25. The van der Waals surface area contributed by atoms with E-state index in [1.165, 1.54) is 0 Å². The van der Waals surface area contributed by atoms with E-state index in [-0.39, 0.29) is 12.1 Å². The highest BCUT2D eigenvalue weighted by atomic mass is 16.1. The van der Waals surface area contributed by atoms with E-state index in [1.807, 2.05) is 25.1 Å². The molecule has 0 aromatic heterocycles. The van der Waals surface area contributed by atoms with Gasteiger partial charge in [-0.05, 0) is 18.8 Å². The van der Waals surface area contributed by atoms with Crippen LogP contribution in [0.5, 0.6) is 0 Å². The monoisotopic (exact) mass is 144 g/mol. The second kappa shape index (κ2) is 3.38. The molecular formula is C9H9BO. The molecule has 0 saturated carbocycles. The highest BCUT2D eigenvalue weighted by Crippen LogP contribution is 2.08. The Morgan fingerprint density at radius 2 is 2.09 bits per heavy atom. The summed E-state index contributed by atoms with van der Waals surface area (Å²) in [7, 11) is 5.22. The Kier molecular flexibility index (Phi) is 2.47. The van der Waals surface area contributed by atoms with Crippen LogP contribution in [-0.4, -0.2) is 13.6 Å². The fourth-order valence-electron chi connectivity index (χ4n) is 0.996. The molecule has 0 atom stereocenters. The molecule has 0 spiro atoms. The fraction of sp³-hybridized carbons (Fsp3) is 0.222. The standard InChI is InChI=1S/C9H9BO/c1-7-4-2-3-5-8(7)9(11)6-10/h2-5H,6H2,1H3. The van der Waals surface area contributed by atoms with Crippen LogP contribution in [0.2, 0.25) is 6.32 Å². The van der Waals surface area contributed by atoms with Crippen LogP contribution in [0.15, 0.2) is 24.3 Å². The molecule has 0 fully saturated rings. The molecule has 0 amide bonds. The molecule has 0 aliphatic carbocycles. The lowest BCUT2D eigenvalue weighted by molar-refractivity contribution is 0.101. The molecule has 0 aliphatic rings. The molecule has 0 heterocycles. The van der Waals surface area contributed by atoms with Gasteiger partial charge in [0.1, 0.15) is 0 Å². The maximum Gasteiger partial charge on any atom is 0.154 e. The van der Waals surface area contributed by atoms with Gasteiger partial charge in [-0.2, -0.15) is 0 Å². The summed E-state index contributed by atoms with van der Waals surface area (Å²) < 4.78 is 0. The molecule has 1 rings (SSSR count). The van der Waals surface area contributed by atoms with Gasteiger partial charge in [0.25, 0.3) is 0 Å². The van der Waals surface area contributed by atoms with Crippen molar-refractivity contribution in [3.63, 3.8) is 0 Å². The molecule has 11 heavy (non-hydrogen) atoms. The van der Waals surface area contributed by atoms with Crippen molar-refractivity contribution in [2.45, 2.75) is 13.2 Å². The molecule has 54 valence electrons. The van der Waals surface area contributed by atoms with Gasteiger partial charge < -0.3 is 0 Å². The molecule has 1 aromatic carbocycles. The van der Waals surface area contributed by atoms with E-state index < -0.39 is 0 Å². The molecule has 2 radical (unpaired) electrons. The Morgan fingerprint density at radius 3 is 2.64 bits per heavy atom. The summed E-state index contributed by atoms with van der Waals surface area (Å²) in [6.45, 7) is 1.91. The van der Waals surface area contributed by atoms with Crippen LogP contribution in [0.1, 0.15) is 15.9 Å². The fourth-order valence-corrected chi connectivity index (χ4v) is 0.996. The molecule has 0 aliphatic heterocycles. The Hall–Kier alpha value is -1.05. The lowest BCUT2D eigenvalue weighted by atomic mass is 9.93. The van der Waals surface area contributed by atoms with E-state index in [2.05, 4.69) is 0 Å². The number of Topliss-reactive ketones (excluding diaryl/α,β-unsaturated/α-hetero) is 1. The molecule has 0 bridgehead atoms. The summed E-state index contributed by atoms with van der Waals surface area (Å²) in [6.07, 6.45) is 0.0881. The Morgan fingerprint density at radius 1 is 1.45 bits per heavy atom. The zero-order valence-electron chi connectivity index (χ0n) is 6.50. The number of carbonyl (C=O) groups is 1. The van der Waals surface area contributed by atoms with Crippen LogP contribution in [0.3, 0.4) is 0 Å². The van der Waals surface area contributed by atoms with E-state index in [0.29, 0.717) is 0 Å². The smallest absolute Gasteiger partial charge is 0.154 e. The molecule has 2 heteroatoms. The average molecular weight is 144 g/mol. The zero-order valence-corrected chi connectivity index (χ0v) is 6.50. The quantitative estimate of drug-likeness (QED) is 0.456. The van der Waals surface area contributed by atoms with Gasteiger partial charge in [-0.25, -0.2) is 0 Å². The Labute approximate surface area is 67.8 Å². The van der Waals surface area contributed by atoms with Gasteiger partial charge in [0.05, 0.1) is 7.85 Å². The number of rotatable bonds is 2. The van der Waals surface area contributed by atoms with Crippen LogP contribution < -0.4 is 0 Å². The van der Waals surface area contributed by atoms with E-state index in [9.17, 15) is 4.79 Å². The van der Waals surface area contributed by atoms with Crippen molar-refractivity contribution in [2.24, 2.45) is 0 Å². The first-order valence-corrected chi connectivity index (χ1v) is 3.54. The minimum atomic E-state index is 0.00287. The number of benzene rings is 1.